The molecule has 1 aromatic carbocycles. The molecule has 7 nitrogen and oxygen atoms in total. The largest absolute Gasteiger partial charge is 0.493 e. The zero-order valence-corrected chi connectivity index (χ0v) is 16.0. The quantitative estimate of drug-likeness (QED) is 0.604. The fourth-order valence-electron chi connectivity index (χ4n) is 2.57. The van der Waals surface area contributed by atoms with Gasteiger partial charge >= 0.3 is 5.69 Å². The fraction of sp³-hybridized carbons (Fsp3) is 0.421. The van der Waals surface area contributed by atoms with Crippen molar-refractivity contribution in [1.29, 1.82) is 0 Å². The van der Waals surface area contributed by atoms with Gasteiger partial charge in [0, 0.05) is 0 Å². The molecule has 0 radical (unpaired) electrons. The lowest BCUT2D eigenvalue weighted by atomic mass is 10.1. The number of aromatic nitrogens is 2. The van der Waals surface area contributed by atoms with Crippen molar-refractivity contribution in [1.82, 2.24) is 9.55 Å². The highest BCUT2D eigenvalue weighted by Crippen LogP contribution is 2.18. The van der Waals surface area contributed by atoms with Gasteiger partial charge in [-0.15, -0.1) is 0 Å². The van der Waals surface area contributed by atoms with E-state index in [0.717, 1.165) is 21.2 Å². The Hall–Kier alpha value is -2.67. The van der Waals surface area contributed by atoms with Crippen LogP contribution in [0.3, 0.4) is 0 Å². The molecule has 0 saturated heterocycles. The normalized spacial score (nSPS) is 12.4. The highest BCUT2D eigenvalue weighted by Gasteiger charge is 2.19. The van der Waals surface area contributed by atoms with Crippen LogP contribution in [0.25, 0.3) is 5.69 Å². The summed E-state index contributed by atoms with van der Waals surface area (Å²) in [5, 5.41) is 10.7. The van der Waals surface area contributed by atoms with Crippen molar-refractivity contribution in [3.05, 3.63) is 56.2 Å². The predicted molar refractivity (Wildman–Crippen MR) is 104 cm³/mol. The number of aliphatic imine (C=N–C) groups is 1. The molecule has 0 aliphatic rings. The van der Waals surface area contributed by atoms with E-state index in [4.69, 9.17) is 0 Å². The van der Waals surface area contributed by atoms with E-state index in [1.54, 1.807) is 12.1 Å². The van der Waals surface area contributed by atoms with Crippen molar-refractivity contribution in [3.8, 4) is 11.6 Å². The van der Waals surface area contributed by atoms with Crippen LogP contribution in [-0.2, 0) is 0 Å². The van der Waals surface area contributed by atoms with E-state index in [-0.39, 0.29) is 11.4 Å². The summed E-state index contributed by atoms with van der Waals surface area (Å²) in [6, 6.07) is 7.11. The van der Waals surface area contributed by atoms with Gasteiger partial charge in [-0.25, -0.2) is 9.36 Å². The first-order valence-corrected chi connectivity index (χ1v) is 8.63. The molecule has 2 rings (SSSR count). The topological polar surface area (TPSA) is 87.4 Å². The third-order valence-electron chi connectivity index (χ3n) is 4.08. The molecule has 0 bridgehead atoms. The van der Waals surface area contributed by atoms with Crippen LogP contribution in [0.15, 0.2) is 38.8 Å². The van der Waals surface area contributed by atoms with Gasteiger partial charge in [0.15, 0.2) is 0 Å². The minimum Gasteiger partial charge on any atom is -0.493 e. The Labute approximate surface area is 152 Å². The SMILES string of the molecule is CCC(=NCC[N+](C)(C)C)c1c(O)n(-c2ccc(C)cc2)c(=O)[nH]c1=O. The van der Waals surface area contributed by atoms with E-state index in [2.05, 4.69) is 31.1 Å². The van der Waals surface area contributed by atoms with Gasteiger partial charge in [-0.1, -0.05) is 24.6 Å². The Morgan fingerprint density at radius 1 is 1.19 bits per heavy atom. The van der Waals surface area contributed by atoms with E-state index in [1.807, 2.05) is 26.0 Å². The van der Waals surface area contributed by atoms with Crippen LogP contribution in [0.5, 0.6) is 5.88 Å². The van der Waals surface area contributed by atoms with Crippen LogP contribution in [0.2, 0.25) is 0 Å². The Kier molecular flexibility index (Phi) is 5.82. The maximum atomic E-state index is 12.3. The third-order valence-corrected chi connectivity index (χ3v) is 4.08. The summed E-state index contributed by atoms with van der Waals surface area (Å²) in [7, 11) is 6.18. The lowest BCUT2D eigenvalue weighted by Crippen LogP contribution is -2.37. The number of nitrogens with zero attached hydrogens (tertiary/aromatic N) is 3. The van der Waals surface area contributed by atoms with Crippen LogP contribution in [0.1, 0.15) is 24.5 Å². The number of benzene rings is 1. The molecule has 0 aliphatic carbocycles. The molecule has 0 atom stereocenters. The summed E-state index contributed by atoms with van der Waals surface area (Å²) in [6.07, 6.45) is 0.472. The molecule has 0 fully saturated rings. The lowest BCUT2D eigenvalue weighted by Gasteiger charge is -2.22. The Balaban J connectivity index is 2.56. The summed E-state index contributed by atoms with van der Waals surface area (Å²) in [6.45, 7) is 5.11. The second-order valence-electron chi connectivity index (χ2n) is 7.32. The fourth-order valence-corrected chi connectivity index (χ4v) is 2.57. The first-order chi connectivity index (χ1) is 12.1. The number of nitrogens with one attached hydrogen (secondary N) is 1. The Bertz CT molecular complexity index is 916. The van der Waals surface area contributed by atoms with Crippen molar-refractivity contribution in [3.63, 3.8) is 0 Å². The number of H-pyrrole nitrogens is 1. The van der Waals surface area contributed by atoms with Gasteiger partial charge in [0.05, 0.1) is 45.6 Å². The molecule has 0 unspecified atom stereocenters. The summed E-state index contributed by atoms with van der Waals surface area (Å²) in [4.78, 5) is 31.4. The number of rotatable bonds is 6. The average Bonchev–Trinajstić information content (AvgIpc) is 2.53. The molecule has 2 N–H and O–H groups in total. The molecule has 0 spiro atoms. The highest BCUT2D eigenvalue weighted by atomic mass is 16.3. The van der Waals surface area contributed by atoms with E-state index >= 15 is 0 Å². The number of aromatic amines is 1. The molecule has 2 aromatic rings. The highest BCUT2D eigenvalue weighted by molar-refractivity contribution is 6.02. The van der Waals surface area contributed by atoms with Gasteiger partial charge in [0.1, 0.15) is 5.56 Å². The standard InChI is InChI=1S/C19H26N4O3/c1-6-15(20-11-12-23(3,4)5)16-17(24)21-19(26)22(18(16)25)14-9-7-13(2)8-10-14/h7-10H,6,11-12H2,1-5H3,(H-,20,21,24,25,26)/p+1. The zero-order chi connectivity index (χ0) is 19.5. The summed E-state index contributed by atoms with van der Waals surface area (Å²) in [5.41, 5.74) is 0.746. The minimum atomic E-state index is -0.679. The smallest absolute Gasteiger partial charge is 0.335 e. The zero-order valence-electron chi connectivity index (χ0n) is 16.0. The second-order valence-corrected chi connectivity index (χ2v) is 7.32. The van der Waals surface area contributed by atoms with E-state index in [9.17, 15) is 14.7 Å². The van der Waals surface area contributed by atoms with Crippen molar-refractivity contribution in [2.45, 2.75) is 20.3 Å². The van der Waals surface area contributed by atoms with Gasteiger partial charge < -0.3 is 9.59 Å². The van der Waals surface area contributed by atoms with E-state index < -0.39 is 11.2 Å². The second kappa shape index (κ2) is 7.70. The number of likely N-dealkylation sites (N-methyl/N-ethyl adjacent to an activating group) is 1. The first kappa shape index (κ1) is 19.7. The number of hydrogen-bond donors (Lipinski definition) is 2. The summed E-state index contributed by atoms with van der Waals surface area (Å²) in [5.74, 6) is -0.381. The van der Waals surface area contributed by atoms with Gasteiger partial charge in [0.25, 0.3) is 5.56 Å². The summed E-state index contributed by atoms with van der Waals surface area (Å²) < 4.78 is 1.84. The van der Waals surface area contributed by atoms with Crippen LogP contribution < -0.4 is 11.2 Å². The van der Waals surface area contributed by atoms with Gasteiger partial charge in [-0.05, 0) is 25.5 Å². The van der Waals surface area contributed by atoms with Crippen molar-refractivity contribution in [2.24, 2.45) is 4.99 Å². The lowest BCUT2D eigenvalue weighted by molar-refractivity contribution is -0.868. The van der Waals surface area contributed by atoms with Crippen molar-refractivity contribution in [2.75, 3.05) is 34.2 Å². The molecular weight excluding hydrogens is 332 g/mol. The van der Waals surface area contributed by atoms with Crippen molar-refractivity contribution >= 4 is 5.71 Å². The third kappa shape index (κ3) is 4.49. The van der Waals surface area contributed by atoms with Gasteiger partial charge in [-0.3, -0.25) is 14.8 Å². The van der Waals surface area contributed by atoms with Crippen LogP contribution in [0, 0.1) is 6.92 Å². The van der Waals surface area contributed by atoms with Gasteiger partial charge in [0.2, 0.25) is 5.88 Å². The molecule has 1 aromatic heterocycles. The van der Waals surface area contributed by atoms with E-state index in [0.29, 0.717) is 24.4 Å². The Morgan fingerprint density at radius 2 is 1.81 bits per heavy atom. The van der Waals surface area contributed by atoms with Crippen LogP contribution in [0.4, 0.5) is 0 Å². The molecule has 0 saturated carbocycles. The number of aryl methyl sites for hydroxylation is 1. The van der Waals surface area contributed by atoms with Gasteiger partial charge in [-0.2, -0.15) is 0 Å². The first-order valence-electron chi connectivity index (χ1n) is 8.63. The molecule has 0 amide bonds. The predicted octanol–water partition coefficient (Wildman–Crippen LogP) is 1.45. The van der Waals surface area contributed by atoms with Crippen LogP contribution in [-0.4, -0.2) is 59.1 Å². The maximum Gasteiger partial charge on any atom is 0.335 e. The molecule has 0 aliphatic heterocycles. The number of quaternary nitrogens is 1. The molecular formula is C19H27N4O3+. The average molecular weight is 359 g/mol. The minimum absolute atomic E-state index is 0.0501. The van der Waals surface area contributed by atoms with Crippen molar-refractivity contribution < 1.29 is 9.59 Å². The number of hydrogen-bond acceptors (Lipinski definition) is 4. The monoisotopic (exact) mass is 359 g/mol. The summed E-state index contributed by atoms with van der Waals surface area (Å²) >= 11 is 0. The van der Waals surface area contributed by atoms with E-state index in [1.165, 1.54) is 0 Å². The molecule has 7 heteroatoms. The molecule has 140 valence electrons. The maximum absolute atomic E-state index is 12.3. The van der Waals surface area contributed by atoms with Crippen LogP contribution >= 0.6 is 0 Å². The number of aromatic hydroxyl groups is 1. The Morgan fingerprint density at radius 3 is 2.35 bits per heavy atom. The molecule has 26 heavy (non-hydrogen) atoms. The molecule has 1 heterocycles.